The lowest BCUT2D eigenvalue weighted by molar-refractivity contribution is -0.137. The van der Waals surface area contributed by atoms with Crippen LogP contribution in [-0.4, -0.2) is 29.9 Å². The SMILES string of the molecule is CNC(C(=O)O)C(=O)c1ccc(C(C)C)cc1. The minimum atomic E-state index is -1.18. The van der Waals surface area contributed by atoms with Gasteiger partial charge in [-0.05, 0) is 18.5 Å². The first kappa shape index (κ1) is 13.4. The van der Waals surface area contributed by atoms with Crippen molar-refractivity contribution < 1.29 is 14.7 Å². The Morgan fingerprint density at radius 2 is 1.71 bits per heavy atom. The predicted octanol–water partition coefficient (Wildman–Crippen LogP) is 1.67. The topological polar surface area (TPSA) is 66.4 Å². The zero-order chi connectivity index (χ0) is 13.0. The van der Waals surface area contributed by atoms with Gasteiger partial charge in [0.2, 0.25) is 0 Å². The van der Waals surface area contributed by atoms with Crippen LogP contribution >= 0.6 is 0 Å². The zero-order valence-electron chi connectivity index (χ0n) is 10.2. The molecule has 0 amide bonds. The first-order valence-electron chi connectivity index (χ1n) is 5.51. The summed E-state index contributed by atoms with van der Waals surface area (Å²) in [5.41, 5.74) is 1.54. The average Bonchev–Trinajstić information content (AvgIpc) is 2.29. The van der Waals surface area contributed by atoms with Gasteiger partial charge in [-0.3, -0.25) is 9.59 Å². The summed E-state index contributed by atoms with van der Waals surface area (Å²) in [4.78, 5) is 22.7. The summed E-state index contributed by atoms with van der Waals surface area (Å²) in [5.74, 6) is -1.19. The summed E-state index contributed by atoms with van der Waals surface area (Å²) in [5, 5.41) is 11.4. The summed E-state index contributed by atoms with van der Waals surface area (Å²) >= 11 is 0. The highest BCUT2D eigenvalue weighted by Crippen LogP contribution is 2.15. The summed E-state index contributed by atoms with van der Waals surface area (Å²) in [7, 11) is 1.46. The molecule has 0 spiro atoms. The largest absolute Gasteiger partial charge is 0.480 e. The van der Waals surface area contributed by atoms with E-state index >= 15 is 0 Å². The van der Waals surface area contributed by atoms with E-state index in [-0.39, 0.29) is 0 Å². The molecule has 0 saturated heterocycles. The van der Waals surface area contributed by atoms with Crippen molar-refractivity contribution in [3.63, 3.8) is 0 Å². The van der Waals surface area contributed by atoms with E-state index in [0.29, 0.717) is 11.5 Å². The van der Waals surface area contributed by atoms with Crippen molar-refractivity contribution in [1.82, 2.24) is 5.32 Å². The fourth-order valence-corrected chi connectivity index (χ4v) is 1.57. The molecular formula is C13H17NO3. The highest BCUT2D eigenvalue weighted by atomic mass is 16.4. The third kappa shape index (κ3) is 3.14. The lowest BCUT2D eigenvalue weighted by Gasteiger charge is -2.11. The number of hydrogen-bond acceptors (Lipinski definition) is 3. The van der Waals surface area contributed by atoms with Gasteiger partial charge < -0.3 is 10.4 Å². The number of carboxylic acid groups (broad SMARTS) is 1. The van der Waals surface area contributed by atoms with Crippen LogP contribution in [0.1, 0.15) is 35.7 Å². The molecule has 0 radical (unpaired) electrons. The van der Waals surface area contributed by atoms with E-state index in [1.807, 2.05) is 12.1 Å². The Kier molecular flexibility index (Phi) is 4.40. The molecule has 2 N–H and O–H groups in total. The van der Waals surface area contributed by atoms with Crippen molar-refractivity contribution in [3.05, 3.63) is 35.4 Å². The quantitative estimate of drug-likeness (QED) is 0.601. The van der Waals surface area contributed by atoms with Crippen LogP contribution in [-0.2, 0) is 4.79 Å². The van der Waals surface area contributed by atoms with Gasteiger partial charge in [0.15, 0.2) is 11.8 Å². The van der Waals surface area contributed by atoms with Crippen molar-refractivity contribution in [2.75, 3.05) is 7.05 Å². The van der Waals surface area contributed by atoms with E-state index in [1.54, 1.807) is 12.1 Å². The maximum atomic E-state index is 11.9. The Morgan fingerprint density at radius 1 is 1.18 bits per heavy atom. The molecule has 4 heteroatoms. The molecule has 1 aromatic carbocycles. The number of benzene rings is 1. The standard InChI is InChI=1S/C13H17NO3/c1-8(2)9-4-6-10(7-5-9)12(15)11(14-3)13(16)17/h4-8,11,14H,1-3H3,(H,16,17). The van der Waals surface area contributed by atoms with Crippen molar-refractivity contribution in [1.29, 1.82) is 0 Å². The third-order valence-corrected chi connectivity index (χ3v) is 2.66. The number of carboxylic acids is 1. The van der Waals surface area contributed by atoms with Crippen molar-refractivity contribution >= 4 is 11.8 Å². The van der Waals surface area contributed by atoms with Crippen LogP contribution in [0.2, 0.25) is 0 Å². The first-order chi connectivity index (χ1) is 7.97. The minimum absolute atomic E-state index is 0.388. The van der Waals surface area contributed by atoms with Gasteiger partial charge in [0.05, 0.1) is 0 Å². The number of rotatable bonds is 5. The first-order valence-corrected chi connectivity index (χ1v) is 5.51. The Balaban J connectivity index is 2.93. The van der Waals surface area contributed by atoms with Crippen LogP contribution < -0.4 is 5.32 Å². The number of nitrogens with one attached hydrogen (secondary N) is 1. The Labute approximate surface area is 101 Å². The van der Waals surface area contributed by atoms with Gasteiger partial charge in [0.1, 0.15) is 0 Å². The molecule has 1 atom stereocenters. The normalized spacial score (nSPS) is 12.5. The van der Waals surface area contributed by atoms with Gasteiger partial charge in [-0.25, -0.2) is 0 Å². The molecule has 0 saturated carbocycles. The average molecular weight is 235 g/mol. The second-order valence-electron chi connectivity index (χ2n) is 4.20. The van der Waals surface area contributed by atoms with Crippen LogP contribution in [0, 0.1) is 0 Å². The molecule has 0 aliphatic heterocycles. The number of hydrogen-bond donors (Lipinski definition) is 2. The van der Waals surface area contributed by atoms with Gasteiger partial charge in [-0.15, -0.1) is 0 Å². The molecular weight excluding hydrogens is 218 g/mol. The Bertz CT molecular complexity index is 409. The molecule has 17 heavy (non-hydrogen) atoms. The highest BCUT2D eigenvalue weighted by molar-refractivity contribution is 6.11. The van der Waals surface area contributed by atoms with Crippen molar-refractivity contribution in [3.8, 4) is 0 Å². The van der Waals surface area contributed by atoms with E-state index in [4.69, 9.17) is 5.11 Å². The van der Waals surface area contributed by atoms with Gasteiger partial charge >= 0.3 is 5.97 Å². The summed E-state index contributed by atoms with van der Waals surface area (Å²) in [6, 6.07) is 5.87. The number of likely N-dealkylation sites (N-methyl/N-ethyl adjacent to an activating group) is 1. The Hall–Kier alpha value is -1.68. The molecule has 0 heterocycles. The van der Waals surface area contributed by atoms with Crippen LogP contribution in [0.25, 0.3) is 0 Å². The summed E-state index contributed by atoms with van der Waals surface area (Å²) in [6.45, 7) is 4.12. The molecule has 1 rings (SSSR count). The molecule has 0 bridgehead atoms. The fourth-order valence-electron chi connectivity index (χ4n) is 1.57. The van der Waals surface area contributed by atoms with Gasteiger partial charge in [0, 0.05) is 5.56 Å². The van der Waals surface area contributed by atoms with Crippen molar-refractivity contribution in [2.24, 2.45) is 0 Å². The van der Waals surface area contributed by atoms with Crippen LogP contribution in [0.4, 0.5) is 0 Å². The number of ketones is 1. The highest BCUT2D eigenvalue weighted by Gasteiger charge is 2.25. The smallest absolute Gasteiger partial charge is 0.328 e. The van der Waals surface area contributed by atoms with E-state index in [1.165, 1.54) is 7.05 Å². The molecule has 1 unspecified atom stereocenters. The number of aliphatic carboxylic acids is 1. The maximum Gasteiger partial charge on any atom is 0.328 e. The molecule has 1 aromatic rings. The lowest BCUT2D eigenvalue weighted by Crippen LogP contribution is -2.41. The monoisotopic (exact) mass is 235 g/mol. The molecule has 0 fully saturated rings. The third-order valence-electron chi connectivity index (χ3n) is 2.66. The van der Waals surface area contributed by atoms with Gasteiger partial charge in [-0.2, -0.15) is 0 Å². The van der Waals surface area contributed by atoms with E-state index in [9.17, 15) is 9.59 Å². The second-order valence-corrected chi connectivity index (χ2v) is 4.20. The molecule has 0 aliphatic carbocycles. The maximum absolute atomic E-state index is 11.9. The lowest BCUT2D eigenvalue weighted by atomic mass is 9.98. The number of carbonyl (C=O) groups excluding carboxylic acids is 1. The molecule has 92 valence electrons. The molecule has 0 aromatic heterocycles. The van der Waals surface area contributed by atoms with Gasteiger partial charge in [-0.1, -0.05) is 38.1 Å². The molecule has 0 aliphatic rings. The summed E-state index contributed by atoms with van der Waals surface area (Å²) in [6.07, 6.45) is 0. The van der Waals surface area contributed by atoms with E-state index in [2.05, 4.69) is 19.2 Å². The van der Waals surface area contributed by atoms with Crippen LogP contribution in [0.3, 0.4) is 0 Å². The van der Waals surface area contributed by atoms with Gasteiger partial charge in [0.25, 0.3) is 0 Å². The molecule has 4 nitrogen and oxygen atoms in total. The van der Waals surface area contributed by atoms with E-state index in [0.717, 1.165) is 5.56 Å². The van der Waals surface area contributed by atoms with E-state index < -0.39 is 17.8 Å². The van der Waals surface area contributed by atoms with Crippen LogP contribution in [0.5, 0.6) is 0 Å². The number of carbonyl (C=O) groups is 2. The zero-order valence-corrected chi connectivity index (χ0v) is 10.2. The predicted molar refractivity (Wildman–Crippen MR) is 65.3 cm³/mol. The Morgan fingerprint density at radius 3 is 2.06 bits per heavy atom. The summed E-state index contributed by atoms with van der Waals surface area (Å²) < 4.78 is 0. The van der Waals surface area contributed by atoms with Crippen LogP contribution in [0.15, 0.2) is 24.3 Å². The minimum Gasteiger partial charge on any atom is -0.480 e. The van der Waals surface area contributed by atoms with Crippen molar-refractivity contribution in [2.45, 2.75) is 25.8 Å². The number of Topliss-reactive ketones (excluding diaryl/α,β-unsaturated/α-hetero) is 1. The second kappa shape index (κ2) is 5.59. The fraction of sp³-hybridized carbons (Fsp3) is 0.385.